The highest BCUT2D eigenvalue weighted by atomic mass is 35.5. The molecule has 1 aromatic carbocycles. The van der Waals surface area contributed by atoms with Crippen LogP contribution in [0.25, 0.3) is 0 Å². The van der Waals surface area contributed by atoms with Crippen molar-refractivity contribution in [3.63, 3.8) is 0 Å². The van der Waals surface area contributed by atoms with Gasteiger partial charge in [-0.15, -0.1) is 0 Å². The van der Waals surface area contributed by atoms with Crippen molar-refractivity contribution in [2.24, 2.45) is 0 Å². The van der Waals surface area contributed by atoms with E-state index in [0.29, 0.717) is 19.6 Å². The van der Waals surface area contributed by atoms with Gasteiger partial charge in [-0.25, -0.2) is 8.42 Å². The summed E-state index contributed by atoms with van der Waals surface area (Å²) < 4.78 is 32.3. The number of nitrogens with zero attached hydrogens (tertiary/aromatic N) is 2. The van der Waals surface area contributed by atoms with Crippen LogP contribution in [0, 0.1) is 0 Å². The number of sulfonamides is 1. The maximum atomic E-state index is 12.7. The number of pyridine rings is 1. The molecule has 1 fully saturated rings. The smallest absolute Gasteiger partial charge is 0.258 e. The Bertz CT molecular complexity index is 916. The lowest BCUT2D eigenvalue weighted by Gasteiger charge is -2.26. The Morgan fingerprint density at radius 2 is 1.86 bits per heavy atom. The molecule has 0 aliphatic carbocycles. The topological polar surface area (TPSA) is 88.6 Å². The van der Waals surface area contributed by atoms with Crippen LogP contribution in [0.3, 0.4) is 0 Å². The number of ether oxygens (including phenoxy) is 1. The first kappa shape index (κ1) is 20.6. The normalized spacial score (nSPS) is 15.2. The van der Waals surface area contributed by atoms with E-state index >= 15 is 0 Å². The van der Waals surface area contributed by atoms with Crippen LogP contribution in [0.4, 0.5) is 0 Å². The molecule has 1 saturated heterocycles. The number of piperidine rings is 1. The Labute approximate surface area is 169 Å². The summed E-state index contributed by atoms with van der Waals surface area (Å²) in [5, 5.41) is 2.88. The molecule has 0 spiro atoms. The molecule has 1 aliphatic rings. The number of hydrogen-bond acceptors (Lipinski definition) is 5. The standard InChI is InChI=1S/C19H22ClN3O4S/c20-17-12-16(28(25,26)23-10-2-1-3-11-23)4-5-18(17)27-14-19(24)22-13-15-6-8-21-9-7-15/h4-9,12H,1-3,10-11,13-14H2,(H,22,24). The minimum absolute atomic E-state index is 0.133. The SMILES string of the molecule is O=C(COc1ccc(S(=O)(=O)N2CCCCC2)cc1Cl)NCc1ccncc1. The maximum absolute atomic E-state index is 12.7. The lowest BCUT2D eigenvalue weighted by Crippen LogP contribution is -2.35. The second kappa shape index (κ2) is 9.36. The van der Waals surface area contributed by atoms with Crippen LogP contribution in [-0.4, -0.2) is 43.3 Å². The van der Waals surface area contributed by atoms with Crippen LogP contribution >= 0.6 is 11.6 Å². The third-order valence-electron chi connectivity index (χ3n) is 4.45. The van der Waals surface area contributed by atoms with Crippen molar-refractivity contribution < 1.29 is 17.9 Å². The molecule has 0 radical (unpaired) electrons. The summed E-state index contributed by atoms with van der Waals surface area (Å²) in [5.41, 5.74) is 0.925. The van der Waals surface area contributed by atoms with Gasteiger partial charge in [0, 0.05) is 32.0 Å². The fourth-order valence-electron chi connectivity index (χ4n) is 2.91. The zero-order chi connectivity index (χ0) is 20.0. The lowest BCUT2D eigenvalue weighted by molar-refractivity contribution is -0.123. The summed E-state index contributed by atoms with van der Waals surface area (Å²) in [6.07, 6.45) is 6.07. The summed E-state index contributed by atoms with van der Waals surface area (Å²) in [6.45, 7) is 1.19. The minimum Gasteiger partial charge on any atom is -0.482 e. The molecule has 0 bridgehead atoms. The van der Waals surface area contributed by atoms with Crippen molar-refractivity contribution in [3.05, 3.63) is 53.3 Å². The average Bonchev–Trinajstić information content (AvgIpc) is 2.72. The zero-order valence-electron chi connectivity index (χ0n) is 15.3. The minimum atomic E-state index is -3.56. The largest absolute Gasteiger partial charge is 0.482 e. The lowest BCUT2D eigenvalue weighted by atomic mass is 10.2. The van der Waals surface area contributed by atoms with Crippen molar-refractivity contribution >= 4 is 27.5 Å². The number of carbonyl (C=O) groups is 1. The van der Waals surface area contributed by atoms with Crippen LogP contribution in [0.2, 0.25) is 5.02 Å². The third-order valence-corrected chi connectivity index (χ3v) is 6.64. The highest BCUT2D eigenvalue weighted by Gasteiger charge is 2.26. The van der Waals surface area contributed by atoms with Gasteiger partial charge in [-0.1, -0.05) is 18.0 Å². The van der Waals surface area contributed by atoms with Gasteiger partial charge >= 0.3 is 0 Å². The molecular weight excluding hydrogens is 402 g/mol. The monoisotopic (exact) mass is 423 g/mol. The van der Waals surface area contributed by atoms with E-state index in [-0.39, 0.29) is 28.2 Å². The van der Waals surface area contributed by atoms with Gasteiger partial charge in [0.05, 0.1) is 9.92 Å². The Morgan fingerprint density at radius 1 is 1.14 bits per heavy atom. The van der Waals surface area contributed by atoms with E-state index in [9.17, 15) is 13.2 Å². The predicted octanol–water partition coefficient (Wildman–Crippen LogP) is 2.60. The number of carbonyl (C=O) groups excluding carboxylic acids is 1. The van der Waals surface area contributed by atoms with Crippen LogP contribution in [0.15, 0.2) is 47.6 Å². The summed E-state index contributed by atoms with van der Waals surface area (Å²) in [7, 11) is -3.56. The molecule has 2 heterocycles. The van der Waals surface area contributed by atoms with E-state index in [1.54, 1.807) is 24.5 Å². The van der Waals surface area contributed by atoms with Crippen LogP contribution < -0.4 is 10.1 Å². The van der Waals surface area contributed by atoms with Crippen LogP contribution in [0.5, 0.6) is 5.75 Å². The molecule has 1 aromatic heterocycles. The fraction of sp³-hybridized carbons (Fsp3) is 0.368. The Kier molecular flexibility index (Phi) is 6.88. The molecule has 28 heavy (non-hydrogen) atoms. The van der Waals surface area contributed by atoms with Gasteiger partial charge in [0.15, 0.2) is 6.61 Å². The van der Waals surface area contributed by atoms with E-state index < -0.39 is 10.0 Å². The Hall–Kier alpha value is -2.16. The first-order valence-corrected chi connectivity index (χ1v) is 10.9. The molecule has 9 heteroatoms. The molecule has 7 nitrogen and oxygen atoms in total. The molecule has 150 valence electrons. The molecule has 1 N–H and O–H groups in total. The molecule has 1 aliphatic heterocycles. The van der Waals surface area contributed by atoms with Gasteiger partial charge in [0.1, 0.15) is 5.75 Å². The van der Waals surface area contributed by atoms with E-state index in [0.717, 1.165) is 24.8 Å². The summed E-state index contributed by atoms with van der Waals surface area (Å²) in [6, 6.07) is 7.92. The van der Waals surface area contributed by atoms with Gasteiger partial charge in [-0.2, -0.15) is 4.31 Å². The highest BCUT2D eigenvalue weighted by molar-refractivity contribution is 7.89. The number of amides is 1. The van der Waals surface area contributed by atoms with Crippen LogP contribution in [0.1, 0.15) is 24.8 Å². The van der Waals surface area contributed by atoms with E-state index in [1.165, 1.54) is 22.5 Å². The van der Waals surface area contributed by atoms with Crippen molar-refractivity contribution in [3.8, 4) is 5.75 Å². The van der Waals surface area contributed by atoms with Gasteiger partial charge < -0.3 is 10.1 Å². The number of aromatic nitrogens is 1. The maximum Gasteiger partial charge on any atom is 0.258 e. The molecule has 2 aromatic rings. The molecule has 0 saturated carbocycles. The molecule has 0 unspecified atom stereocenters. The quantitative estimate of drug-likeness (QED) is 0.739. The van der Waals surface area contributed by atoms with E-state index in [2.05, 4.69) is 10.3 Å². The summed E-state index contributed by atoms with van der Waals surface area (Å²) in [4.78, 5) is 16.0. The Morgan fingerprint density at radius 3 is 2.54 bits per heavy atom. The van der Waals surface area contributed by atoms with Crippen molar-refractivity contribution in [1.82, 2.24) is 14.6 Å². The van der Waals surface area contributed by atoms with Crippen molar-refractivity contribution in [2.45, 2.75) is 30.7 Å². The number of hydrogen-bond donors (Lipinski definition) is 1. The van der Waals surface area contributed by atoms with Gasteiger partial charge in [-0.05, 0) is 48.7 Å². The molecule has 0 atom stereocenters. The number of rotatable bonds is 7. The van der Waals surface area contributed by atoms with Crippen LogP contribution in [-0.2, 0) is 21.4 Å². The molecular formula is C19H22ClN3O4S. The second-order valence-electron chi connectivity index (χ2n) is 6.48. The first-order valence-electron chi connectivity index (χ1n) is 9.05. The second-order valence-corrected chi connectivity index (χ2v) is 8.82. The van der Waals surface area contributed by atoms with Gasteiger partial charge in [0.2, 0.25) is 10.0 Å². The number of halogens is 1. The fourth-order valence-corrected chi connectivity index (χ4v) is 4.75. The van der Waals surface area contributed by atoms with E-state index in [4.69, 9.17) is 16.3 Å². The van der Waals surface area contributed by atoms with Gasteiger partial charge in [0.25, 0.3) is 5.91 Å². The molecule has 3 rings (SSSR count). The predicted molar refractivity (Wildman–Crippen MR) is 106 cm³/mol. The number of benzene rings is 1. The highest BCUT2D eigenvalue weighted by Crippen LogP contribution is 2.29. The first-order chi connectivity index (χ1) is 13.5. The van der Waals surface area contributed by atoms with Gasteiger partial charge in [-0.3, -0.25) is 9.78 Å². The average molecular weight is 424 g/mol. The van der Waals surface area contributed by atoms with E-state index in [1.807, 2.05) is 0 Å². The number of nitrogens with one attached hydrogen (secondary N) is 1. The summed E-state index contributed by atoms with van der Waals surface area (Å²) in [5.74, 6) is -0.0452. The Balaban J connectivity index is 1.57. The van der Waals surface area contributed by atoms with Crippen molar-refractivity contribution in [2.75, 3.05) is 19.7 Å². The van der Waals surface area contributed by atoms with Crippen molar-refractivity contribution in [1.29, 1.82) is 0 Å². The third kappa shape index (κ3) is 5.21. The summed E-state index contributed by atoms with van der Waals surface area (Å²) >= 11 is 6.18. The zero-order valence-corrected chi connectivity index (χ0v) is 16.9. The molecule has 1 amide bonds.